The molecule has 0 spiro atoms. The van der Waals surface area contributed by atoms with Crippen LogP contribution in [-0.2, 0) is 4.79 Å². The van der Waals surface area contributed by atoms with Crippen molar-refractivity contribution >= 4 is 11.8 Å². The number of hydrogen-bond acceptors (Lipinski definition) is 6. The number of primary amides is 1. The van der Waals surface area contributed by atoms with E-state index in [1.54, 1.807) is 36.1 Å². The zero-order chi connectivity index (χ0) is 17.8. The van der Waals surface area contributed by atoms with Crippen molar-refractivity contribution in [2.24, 2.45) is 5.73 Å². The van der Waals surface area contributed by atoms with Gasteiger partial charge in [0.15, 0.2) is 12.4 Å². The highest BCUT2D eigenvalue weighted by Crippen LogP contribution is 2.25. The van der Waals surface area contributed by atoms with Gasteiger partial charge in [0.2, 0.25) is 11.8 Å². The smallest absolute Gasteiger partial charge is 0.260 e. The Labute approximate surface area is 144 Å². The molecular formula is C17H20N4O4. The van der Waals surface area contributed by atoms with Gasteiger partial charge in [-0.25, -0.2) is 0 Å². The van der Waals surface area contributed by atoms with Crippen LogP contribution in [0.25, 0.3) is 0 Å². The molecule has 2 heterocycles. The number of ether oxygens (including phenoxy) is 1. The lowest BCUT2D eigenvalue weighted by atomic mass is 9.97. The second-order valence-electron chi connectivity index (χ2n) is 6.03. The van der Waals surface area contributed by atoms with Gasteiger partial charge in [0.05, 0.1) is 0 Å². The predicted molar refractivity (Wildman–Crippen MR) is 88.0 cm³/mol. The quantitative estimate of drug-likeness (QED) is 0.874. The molecule has 0 aliphatic carbocycles. The van der Waals surface area contributed by atoms with Gasteiger partial charge in [-0.05, 0) is 37.1 Å². The molecule has 1 aromatic heterocycles. The number of amides is 2. The minimum atomic E-state index is -0.501. The molecule has 2 amide bonds. The Kier molecular flexibility index (Phi) is 4.97. The Morgan fingerprint density at radius 1 is 1.36 bits per heavy atom. The fourth-order valence-corrected chi connectivity index (χ4v) is 2.85. The maximum absolute atomic E-state index is 12.4. The number of nitrogens with two attached hydrogens (primary N) is 1. The highest BCUT2D eigenvalue weighted by atomic mass is 16.5. The van der Waals surface area contributed by atoms with Gasteiger partial charge in [0.25, 0.3) is 5.91 Å². The van der Waals surface area contributed by atoms with Gasteiger partial charge in [0, 0.05) is 31.5 Å². The fourth-order valence-electron chi connectivity index (χ4n) is 2.85. The number of aryl methyl sites for hydroxylation is 1. The number of likely N-dealkylation sites (tertiary alicyclic amines) is 1. The molecule has 132 valence electrons. The van der Waals surface area contributed by atoms with Crippen LogP contribution in [-0.4, -0.2) is 46.6 Å². The Morgan fingerprint density at radius 2 is 2.12 bits per heavy atom. The molecule has 0 bridgehead atoms. The first kappa shape index (κ1) is 16.9. The summed E-state index contributed by atoms with van der Waals surface area (Å²) in [7, 11) is 0. The molecule has 2 N–H and O–H groups in total. The van der Waals surface area contributed by atoms with E-state index >= 15 is 0 Å². The average molecular weight is 344 g/mol. The fraction of sp³-hybridized carbons (Fsp3) is 0.412. The number of carbonyl (C=O) groups is 2. The largest absolute Gasteiger partial charge is 0.484 e. The van der Waals surface area contributed by atoms with Gasteiger partial charge in [-0.1, -0.05) is 5.16 Å². The van der Waals surface area contributed by atoms with Gasteiger partial charge in [-0.3, -0.25) is 9.59 Å². The van der Waals surface area contributed by atoms with Gasteiger partial charge in [-0.15, -0.1) is 0 Å². The molecule has 2 aromatic rings. The van der Waals surface area contributed by atoms with Crippen molar-refractivity contribution in [1.82, 2.24) is 15.0 Å². The third kappa shape index (κ3) is 4.14. The molecule has 1 saturated heterocycles. The SMILES string of the molecule is Cc1nc([C@H]2CCCN(C(=O)COc3ccc(C(N)=O)cc3)C2)no1. The molecule has 8 heteroatoms. The molecule has 1 atom stereocenters. The van der Waals surface area contributed by atoms with Gasteiger partial charge >= 0.3 is 0 Å². The van der Waals surface area contributed by atoms with Crippen LogP contribution in [0, 0.1) is 6.92 Å². The summed E-state index contributed by atoms with van der Waals surface area (Å²) in [6.45, 7) is 2.94. The summed E-state index contributed by atoms with van der Waals surface area (Å²) in [6.07, 6.45) is 1.81. The summed E-state index contributed by atoms with van der Waals surface area (Å²) in [4.78, 5) is 29.4. The topological polar surface area (TPSA) is 112 Å². The lowest BCUT2D eigenvalue weighted by molar-refractivity contribution is -0.134. The van der Waals surface area contributed by atoms with E-state index in [1.165, 1.54) is 0 Å². The monoisotopic (exact) mass is 344 g/mol. The van der Waals surface area contributed by atoms with E-state index in [1.807, 2.05) is 0 Å². The molecule has 25 heavy (non-hydrogen) atoms. The summed E-state index contributed by atoms with van der Waals surface area (Å²) in [5, 5.41) is 3.96. The van der Waals surface area contributed by atoms with Gasteiger partial charge < -0.3 is 19.9 Å². The summed E-state index contributed by atoms with van der Waals surface area (Å²) in [6, 6.07) is 6.37. The van der Waals surface area contributed by atoms with Crippen LogP contribution >= 0.6 is 0 Å². The zero-order valence-electron chi connectivity index (χ0n) is 14.0. The van der Waals surface area contributed by atoms with E-state index in [9.17, 15) is 9.59 Å². The normalized spacial score (nSPS) is 17.3. The van der Waals surface area contributed by atoms with Crippen molar-refractivity contribution < 1.29 is 18.8 Å². The van der Waals surface area contributed by atoms with Crippen LogP contribution in [0.2, 0.25) is 0 Å². The Hall–Kier alpha value is -2.90. The summed E-state index contributed by atoms with van der Waals surface area (Å²) in [5.74, 6) is 1.19. The number of carbonyl (C=O) groups excluding carboxylic acids is 2. The Balaban J connectivity index is 1.54. The molecule has 3 rings (SSSR count). The summed E-state index contributed by atoms with van der Waals surface area (Å²) >= 11 is 0. The van der Waals surface area contributed by atoms with Crippen molar-refractivity contribution in [2.75, 3.05) is 19.7 Å². The van der Waals surface area contributed by atoms with Gasteiger partial charge in [-0.2, -0.15) is 4.98 Å². The second kappa shape index (κ2) is 7.33. The van der Waals surface area contributed by atoms with Crippen molar-refractivity contribution in [3.05, 3.63) is 41.5 Å². The first-order chi connectivity index (χ1) is 12.0. The van der Waals surface area contributed by atoms with Crippen LogP contribution in [0.15, 0.2) is 28.8 Å². The molecule has 8 nitrogen and oxygen atoms in total. The summed E-state index contributed by atoms with van der Waals surface area (Å²) < 4.78 is 10.5. The predicted octanol–water partition coefficient (Wildman–Crippen LogP) is 1.26. The van der Waals surface area contributed by atoms with E-state index in [-0.39, 0.29) is 18.4 Å². The van der Waals surface area contributed by atoms with Crippen LogP contribution in [0.5, 0.6) is 5.75 Å². The highest BCUT2D eigenvalue weighted by molar-refractivity contribution is 5.92. The van der Waals surface area contributed by atoms with E-state index < -0.39 is 5.91 Å². The van der Waals surface area contributed by atoms with E-state index in [2.05, 4.69) is 10.1 Å². The first-order valence-electron chi connectivity index (χ1n) is 8.13. The Bertz CT molecular complexity index is 756. The molecule has 1 aliphatic heterocycles. The molecule has 1 fully saturated rings. The molecule has 0 unspecified atom stereocenters. The number of hydrogen-bond donors (Lipinski definition) is 1. The minimum absolute atomic E-state index is 0.0616. The minimum Gasteiger partial charge on any atom is -0.484 e. The zero-order valence-corrected chi connectivity index (χ0v) is 14.0. The van der Waals surface area contributed by atoms with Crippen LogP contribution in [0.4, 0.5) is 0 Å². The van der Waals surface area contributed by atoms with Crippen molar-refractivity contribution in [3.63, 3.8) is 0 Å². The molecule has 0 saturated carbocycles. The second-order valence-corrected chi connectivity index (χ2v) is 6.03. The van der Waals surface area contributed by atoms with Gasteiger partial charge in [0.1, 0.15) is 5.75 Å². The number of aromatic nitrogens is 2. The van der Waals surface area contributed by atoms with E-state index in [0.29, 0.717) is 36.1 Å². The van der Waals surface area contributed by atoms with E-state index in [4.69, 9.17) is 15.0 Å². The lowest BCUT2D eigenvalue weighted by Gasteiger charge is -2.31. The number of nitrogens with zero attached hydrogens (tertiary/aromatic N) is 3. The van der Waals surface area contributed by atoms with Crippen molar-refractivity contribution in [1.29, 1.82) is 0 Å². The van der Waals surface area contributed by atoms with E-state index in [0.717, 1.165) is 12.8 Å². The molecular weight excluding hydrogens is 324 g/mol. The summed E-state index contributed by atoms with van der Waals surface area (Å²) in [5.41, 5.74) is 5.58. The average Bonchev–Trinajstić information content (AvgIpc) is 3.06. The maximum atomic E-state index is 12.4. The maximum Gasteiger partial charge on any atom is 0.260 e. The lowest BCUT2D eigenvalue weighted by Crippen LogP contribution is -2.41. The Morgan fingerprint density at radius 3 is 2.76 bits per heavy atom. The molecule has 0 radical (unpaired) electrons. The van der Waals surface area contributed by atoms with Crippen LogP contribution in [0.1, 0.15) is 40.8 Å². The standard InChI is InChI=1S/C17H20N4O4/c1-11-19-17(20-25-11)13-3-2-8-21(9-13)15(22)10-24-14-6-4-12(5-7-14)16(18)23/h4-7,13H,2-3,8-10H2,1H3,(H2,18,23)/t13-/m0/s1. The third-order valence-electron chi connectivity index (χ3n) is 4.18. The first-order valence-corrected chi connectivity index (χ1v) is 8.13. The third-order valence-corrected chi connectivity index (χ3v) is 4.18. The number of rotatable bonds is 5. The molecule has 1 aromatic carbocycles. The molecule has 1 aliphatic rings. The van der Waals surface area contributed by atoms with Crippen molar-refractivity contribution in [3.8, 4) is 5.75 Å². The van der Waals surface area contributed by atoms with Crippen LogP contribution in [0.3, 0.4) is 0 Å². The number of piperidine rings is 1. The highest BCUT2D eigenvalue weighted by Gasteiger charge is 2.27. The van der Waals surface area contributed by atoms with Crippen molar-refractivity contribution in [2.45, 2.75) is 25.7 Å². The number of benzene rings is 1. The van der Waals surface area contributed by atoms with Crippen LogP contribution < -0.4 is 10.5 Å².